The van der Waals surface area contributed by atoms with Crippen LogP contribution in [0.15, 0.2) is 30.3 Å². The Labute approximate surface area is 143 Å². The molecule has 0 spiro atoms. The van der Waals surface area contributed by atoms with Gasteiger partial charge in [0.2, 0.25) is 0 Å². The van der Waals surface area contributed by atoms with E-state index in [0.717, 1.165) is 25.8 Å². The van der Waals surface area contributed by atoms with Crippen LogP contribution in [-0.2, 0) is 15.4 Å². The Morgan fingerprint density at radius 2 is 1.96 bits per heavy atom. The number of fused-ring (bicyclic) bond motifs is 1. The van der Waals surface area contributed by atoms with Gasteiger partial charge < -0.3 is 10.2 Å². The van der Waals surface area contributed by atoms with Crippen molar-refractivity contribution in [3.05, 3.63) is 35.9 Å². The molecule has 130 valence electrons. The number of carbonyl (C=O) groups excluding carboxylic acids is 1. The molecule has 2 heterocycles. The van der Waals surface area contributed by atoms with E-state index in [1.807, 2.05) is 23.1 Å². The minimum atomic E-state index is -2.98. The lowest BCUT2D eigenvalue weighted by Crippen LogP contribution is -2.69. The van der Waals surface area contributed by atoms with Gasteiger partial charge in [-0.3, -0.25) is 0 Å². The van der Waals surface area contributed by atoms with Gasteiger partial charge in [-0.2, -0.15) is 0 Å². The Morgan fingerprint density at radius 3 is 2.62 bits per heavy atom. The number of sulfone groups is 1. The summed E-state index contributed by atoms with van der Waals surface area (Å²) < 4.78 is 23.2. The fourth-order valence-corrected chi connectivity index (χ4v) is 6.46. The van der Waals surface area contributed by atoms with E-state index in [1.54, 1.807) is 0 Å². The molecule has 1 aromatic rings. The quantitative estimate of drug-likeness (QED) is 0.892. The number of nitrogens with zero attached hydrogens (tertiary/aromatic N) is 1. The van der Waals surface area contributed by atoms with Crippen LogP contribution in [0.2, 0.25) is 0 Å². The predicted molar refractivity (Wildman–Crippen MR) is 92.4 cm³/mol. The summed E-state index contributed by atoms with van der Waals surface area (Å²) in [6.45, 7) is 0.778. The molecule has 0 bridgehead atoms. The zero-order valence-electron chi connectivity index (χ0n) is 13.8. The summed E-state index contributed by atoms with van der Waals surface area (Å²) in [6, 6.07) is 9.98. The molecule has 1 N–H and O–H groups in total. The van der Waals surface area contributed by atoms with E-state index in [9.17, 15) is 13.2 Å². The summed E-state index contributed by atoms with van der Waals surface area (Å²) >= 11 is 0. The molecular weight excluding hydrogens is 324 g/mol. The maximum Gasteiger partial charge on any atom is 0.318 e. The van der Waals surface area contributed by atoms with Crippen molar-refractivity contribution in [2.45, 2.75) is 43.7 Å². The van der Waals surface area contributed by atoms with Crippen molar-refractivity contribution < 1.29 is 13.2 Å². The fourth-order valence-electron chi connectivity index (χ4n) is 4.78. The van der Waals surface area contributed by atoms with Gasteiger partial charge in [-0.1, -0.05) is 43.2 Å². The number of likely N-dealkylation sites (tertiary alicyclic amines) is 1. The molecule has 2 saturated heterocycles. The molecule has 3 atom stereocenters. The monoisotopic (exact) mass is 348 g/mol. The third kappa shape index (κ3) is 2.51. The van der Waals surface area contributed by atoms with Gasteiger partial charge in [0.05, 0.1) is 17.0 Å². The van der Waals surface area contributed by atoms with Crippen molar-refractivity contribution in [3.63, 3.8) is 0 Å². The number of benzene rings is 1. The summed E-state index contributed by atoms with van der Waals surface area (Å²) in [7, 11) is -2.98. The topological polar surface area (TPSA) is 66.5 Å². The summed E-state index contributed by atoms with van der Waals surface area (Å²) in [6.07, 6.45) is 5.06. The van der Waals surface area contributed by atoms with E-state index in [-0.39, 0.29) is 29.1 Å². The zero-order chi connectivity index (χ0) is 16.8. The average molecular weight is 348 g/mol. The third-order valence-corrected chi connectivity index (χ3v) is 7.77. The zero-order valence-corrected chi connectivity index (χ0v) is 14.6. The van der Waals surface area contributed by atoms with Crippen LogP contribution in [0.3, 0.4) is 0 Å². The second-order valence-electron chi connectivity index (χ2n) is 7.39. The first kappa shape index (κ1) is 15.9. The molecule has 3 fully saturated rings. The average Bonchev–Trinajstić information content (AvgIpc) is 2.88. The van der Waals surface area contributed by atoms with Crippen LogP contribution in [-0.4, -0.2) is 43.4 Å². The molecular formula is C18H24N2O3S. The van der Waals surface area contributed by atoms with Gasteiger partial charge in [-0.25, -0.2) is 13.2 Å². The van der Waals surface area contributed by atoms with Crippen molar-refractivity contribution in [2.75, 3.05) is 18.1 Å². The molecule has 24 heavy (non-hydrogen) atoms. The highest BCUT2D eigenvalue weighted by Crippen LogP contribution is 2.53. The molecule has 0 radical (unpaired) electrons. The standard InChI is InChI=1S/C18H24N2O3S/c21-17(19-16-9-11-24(22,23)13-16)20-12-15-8-4-5-10-18(15,20)14-6-2-1-3-7-14/h1-3,6-7,15-16H,4-5,8-13H2,(H,19,21)/t15-,16+,18+/m0/s1. The molecule has 1 aromatic carbocycles. The van der Waals surface area contributed by atoms with Gasteiger partial charge in [0.1, 0.15) is 0 Å². The number of rotatable bonds is 2. The molecule has 1 saturated carbocycles. The van der Waals surface area contributed by atoms with E-state index >= 15 is 0 Å². The minimum absolute atomic E-state index is 0.0777. The molecule has 5 nitrogen and oxygen atoms in total. The van der Waals surface area contributed by atoms with Crippen molar-refractivity contribution in [3.8, 4) is 0 Å². The number of amides is 2. The number of carbonyl (C=O) groups is 1. The van der Waals surface area contributed by atoms with Gasteiger partial charge in [-0.05, 0) is 24.8 Å². The first-order chi connectivity index (χ1) is 11.5. The Balaban J connectivity index is 1.55. The maximum atomic E-state index is 12.8. The second-order valence-corrected chi connectivity index (χ2v) is 9.62. The Morgan fingerprint density at radius 1 is 1.17 bits per heavy atom. The Kier molecular flexibility index (Phi) is 3.82. The predicted octanol–water partition coefficient (Wildman–Crippen LogP) is 2.28. The summed E-state index contributed by atoms with van der Waals surface area (Å²) in [5, 5.41) is 2.97. The van der Waals surface area contributed by atoms with E-state index in [0.29, 0.717) is 12.3 Å². The largest absolute Gasteiger partial charge is 0.334 e. The lowest BCUT2D eigenvalue weighted by atomic mass is 9.62. The molecule has 4 rings (SSSR count). The van der Waals surface area contributed by atoms with Gasteiger partial charge in [0.15, 0.2) is 9.84 Å². The van der Waals surface area contributed by atoms with Crippen LogP contribution in [0, 0.1) is 5.92 Å². The van der Waals surface area contributed by atoms with Crippen LogP contribution in [0.1, 0.15) is 37.7 Å². The smallest absolute Gasteiger partial charge is 0.318 e. The third-order valence-electron chi connectivity index (χ3n) is 6.00. The van der Waals surface area contributed by atoms with Crippen molar-refractivity contribution in [1.82, 2.24) is 10.2 Å². The fraction of sp³-hybridized carbons (Fsp3) is 0.611. The van der Waals surface area contributed by atoms with E-state index in [1.165, 1.54) is 12.0 Å². The summed E-state index contributed by atoms with van der Waals surface area (Å²) in [5.41, 5.74) is 1.02. The van der Waals surface area contributed by atoms with Crippen LogP contribution < -0.4 is 5.32 Å². The first-order valence-corrected chi connectivity index (χ1v) is 10.7. The molecule has 2 amide bonds. The van der Waals surface area contributed by atoms with Crippen LogP contribution in [0.4, 0.5) is 4.79 Å². The molecule has 6 heteroatoms. The highest BCUT2D eigenvalue weighted by molar-refractivity contribution is 7.91. The molecule has 1 aliphatic carbocycles. The van der Waals surface area contributed by atoms with Crippen LogP contribution in [0.25, 0.3) is 0 Å². The number of hydrogen-bond acceptors (Lipinski definition) is 3. The highest BCUT2D eigenvalue weighted by Gasteiger charge is 2.57. The SMILES string of the molecule is O=C(N[C@@H]1CCS(=O)(=O)C1)N1C[C@@H]2CCCC[C@@]21c1ccccc1. The first-order valence-electron chi connectivity index (χ1n) is 8.85. The molecule has 0 aromatic heterocycles. The van der Waals surface area contributed by atoms with Crippen LogP contribution in [0.5, 0.6) is 0 Å². The molecule has 0 unspecified atom stereocenters. The van der Waals surface area contributed by atoms with Gasteiger partial charge in [-0.15, -0.1) is 0 Å². The Bertz CT molecular complexity index is 734. The Hall–Kier alpha value is -1.56. The van der Waals surface area contributed by atoms with Gasteiger partial charge in [0, 0.05) is 18.5 Å². The van der Waals surface area contributed by atoms with E-state index in [2.05, 4.69) is 17.4 Å². The number of nitrogens with one attached hydrogen (secondary N) is 1. The normalized spacial score (nSPS) is 34.2. The minimum Gasteiger partial charge on any atom is -0.334 e. The molecule has 2 aliphatic heterocycles. The lowest BCUT2D eigenvalue weighted by molar-refractivity contribution is -0.0797. The number of urea groups is 1. The van der Waals surface area contributed by atoms with E-state index < -0.39 is 9.84 Å². The van der Waals surface area contributed by atoms with E-state index in [4.69, 9.17) is 0 Å². The second kappa shape index (κ2) is 5.76. The van der Waals surface area contributed by atoms with Gasteiger partial charge in [0.25, 0.3) is 0 Å². The number of hydrogen-bond donors (Lipinski definition) is 1. The van der Waals surface area contributed by atoms with Crippen molar-refractivity contribution in [1.29, 1.82) is 0 Å². The maximum absolute atomic E-state index is 12.8. The molecule has 3 aliphatic rings. The van der Waals surface area contributed by atoms with Crippen molar-refractivity contribution >= 4 is 15.9 Å². The highest BCUT2D eigenvalue weighted by atomic mass is 32.2. The van der Waals surface area contributed by atoms with Crippen LogP contribution >= 0.6 is 0 Å². The lowest BCUT2D eigenvalue weighted by Gasteiger charge is -2.61. The summed E-state index contributed by atoms with van der Waals surface area (Å²) in [4.78, 5) is 14.8. The van der Waals surface area contributed by atoms with Crippen molar-refractivity contribution in [2.24, 2.45) is 5.92 Å². The summed E-state index contributed by atoms with van der Waals surface area (Å²) in [5.74, 6) is 0.783. The van der Waals surface area contributed by atoms with Gasteiger partial charge >= 0.3 is 6.03 Å².